The third-order valence-electron chi connectivity index (χ3n) is 2.11. The van der Waals surface area contributed by atoms with Crippen molar-refractivity contribution in [2.75, 3.05) is 18.5 Å². The van der Waals surface area contributed by atoms with Gasteiger partial charge in [-0.05, 0) is 24.6 Å². The van der Waals surface area contributed by atoms with Crippen LogP contribution < -0.4 is 4.90 Å². The lowest BCUT2D eigenvalue weighted by atomic mass is 10.2. The molecule has 15 heavy (non-hydrogen) atoms. The summed E-state index contributed by atoms with van der Waals surface area (Å²) < 4.78 is 37.2. The first kappa shape index (κ1) is 11.9. The van der Waals surface area contributed by atoms with Crippen LogP contribution in [0.15, 0.2) is 24.3 Å². The van der Waals surface area contributed by atoms with Gasteiger partial charge in [-0.25, -0.2) is 0 Å². The maximum absolute atomic E-state index is 12.4. The number of rotatable bonds is 3. The van der Waals surface area contributed by atoms with Crippen LogP contribution in [0.5, 0.6) is 0 Å². The van der Waals surface area contributed by atoms with Crippen LogP contribution >= 0.6 is 0 Å². The van der Waals surface area contributed by atoms with Gasteiger partial charge in [-0.15, -0.1) is 0 Å². The van der Waals surface area contributed by atoms with Gasteiger partial charge in [0.25, 0.3) is 0 Å². The molecule has 1 rings (SSSR count). The molecule has 0 spiro atoms. The summed E-state index contributed by atoms with van der Waals surface area (Å²) in [6.45, 7) is 4.30. The Morgan fingerprint density at radius 3 is 2.53 bits per heavy atom. The third-order valence-corrected chi connectivity index (χ3v) is 2.11. The molecule has 0 saturated carbocycles. The van der Waals surface area contributed by atoms with Gasteiger partial charge < -0.3 is 4.90 Å². The van der Waals surface area contributed by atoms with Crippen LogP contribution in [0, 0.1) is 6.92 Å². The third kappa shape index (κ3) is 3.15. The number of hydrogen-bond donors (Lipinski definition) is 0. The van der Waals surface area contributed by atoms with E-state index in [-0.39, 0.29) is 0 Å². The molecular weight excluding hydrogens is 203 g/mol. The Labute approximate surface area is 87.5 Å². The first-order chi connectivity index (χ1) is 6.95. The van der Waals surface area contributed by atoms with Gasteiger partial charge in [0.05, 0.1) is 5.56 Å². The van der Waals surface area contributed by atoms with Crippen molar-refractivity contribution >= 4 is 5.69 Å². The van der Waals surface area contributed by atoms with Crippen molar-refractivity contribution in [1.82, 2.24) is 0 Å². The Hall–Kier alpha value is -1.19. The largest absolute Gasteiger partial charge is 0.416 e. The molecule has 0 saturated heterocycles. The van der Waals surface area contributed by atoms with Crippen LogP contribution in [0.2, 0.25) is 0 Å². The SMILES string of the molecule is [CH2]CCN(C)c1cccc(C(F)(F)F)c1. The Balaban J connectivity index is 2.92. The van der Waals surface area contributed by atoms with E-state index >= 15 is 0 Å². The molecular formula is C11H13F3N. The van der Waals surface area contributed by atoms with Gasteiger partial charge in [0.2, 0.25) is 0 Å². The minimum atomic E-state index is -4.28. The molecule has 0 aliphatic heterocycles. The molecule has 1 aromatic rings. The molecule has 0 heterocycles. The minimum absolute atomic E-state index is 0.563. The molecule has 0 atom stereocenters. The van der Waals surface area contributed by atoms with Crippen molar-refractivity contribution in [3.8, 4) is 0 Å². The molecule has 0 amide bonds. The number of benzene rings is 1. The summed E-state index contributed by atoms with van der Waals surface area (Å²) in [5.41, 5.74) is -0.0515. The average molecular weight is 216 g/mol. The minimum Gasteiger partial charge on any atom is -0.375 e. The Bertz CT molecular complexity index is 320. The van der Waals surface area contributed by atoms with Crippen LogP contribution in [0.25, 0.3) is 0 Å². The molecule has 0 aromatic heterocycles. The molecule has 0 unspecified atom stereocenters. The number of nitrogens with zero attached hydrogens (tertiary/aromatic N) is 1. The summed E-state index contributed by atoms with van der Waals surface area (Å²) in [5.74, 6) is 0. The lowest BCUT2D eigenvalue weighted by Gasteiger charge is -2.19. The van der Waals surface area contributed by atoms with Gasteiger partial charge in [-0.1, -0.05) is 13.0 Å². The predicted molar refractivity (Wildman–Crippen MR) is 54.7 cm³/mol. The summed E-state index contributed by atoms with van der Waals surface area (Å²) in [4.78, 5) is 1.75. The summed E-state index contributed by atoms with van der Waals surface area (Å²) >= 11 is 0. The van der Waals surface area contributed by atoms with E-state index in [1.54, 1.807) is 18.0 Å². The molecule has 0 aliphatic carbocycles. The first-order valence-electron chi connectivity index (χ1n) is 4.63. The fourth-order valence-electron chi connectivity index (χ4n) is 1.29. The Morgan fingerprint density at radius 1 is 1.33 bits per heavy atom. The highest BCUT2D eigenvalue weighted by Gasteiger charge is 2.30. The van der Waals surface area contributed by atoms with Crippen molar-refractivity contribution in [2.24, 2.45) is 0 Å². The average Bonchev–Trinajstić information content (AvgIpc) is 2.17. The fourth-order valence-corrected chi connectivity index (χ4v) is 1.29. The highest BCUT2D eigenvalue weighted by atomic mass is 19.4. The lowest BCUT2D eigenvalue weighted by molar-refractivity contribution is -0.137. The summed E-state index contributed by atoms with van der Waals surface area (Å²) in [5, 5.41) is 0. The van der Waals surface area contributed by atoms with Gasteiger partial charge in [0.1, 0.15) is 0 Å². The second-order valence-electron chi connectivity index (χ2n) is 3.32. The topological polar surface area (TPSA) is 3.24 Å². The number of halogens is 3. The van der Waals surface area contributed by atoms with E-state index in [4.69, 9.17) is 0 Å². The van der Waals surface area contributed by atoms with Crippen LogP contribution in [0.1, 0.15) is 12.0 Å². The van der Waals surface area contributed by atoms with Crippen molar-refractivity contribution in [2.45, 2.75) is 12.6 Å². The highest BCUT2D eigenvalue weighted by molar-refractivity contribution is 5.48. The molecule has 0 N–H and O–H groups in total. The summed E-state index contributed by atoms with van der Waals surface area (Å²) in [6, 6.07) is 5.29. The number of anilines is 1. The highest BCUT2D eigenvalue weighted by Crippen LogP contribution is 2.31. The zero-order valence-corrected chi connectivity index (χ0v) is 8.51. The van der Waals surface area contributed by atoms with Gasteiger partial charge >= 0.3 is 6.18 Å². The van der Waals surface area contributed by atoms with Crippen LogP contribution in [-0.4, -0.2) is 13.6 Å². The van der Waals surface area contributed by atoms with Gasteiger partial charge in [-0.2, -0.15) is 13.2 Å². The van der Waals surface area contributed by atoms with Gasteiger partial charge in [0, 0.05) is 19.3 Å². The van der Waals surface area contributed by atoms with E-state index in [0.29, 0.717) is 18.7 Å². The first-order valence-corrected chi connectivity index (χ1v) is 4.63. The Morgan fingerprint density at radius 2 is 2.00 bits per heavy atom. The van der Waals surface area contributed by atoms with E-state index in [2.05, 4.69) is 6.92 Å². The second-order valence-corrected chi connectivity index (χ2v) is 3.32. The standard InChI is InChI=1S/C11H13F3N/c1-3-7-15(2)10-6-4-5-9(8-10)11(12,13)14/h4-6,8H,1,3,7H2,2H3. The second kappa shape index (κ2) is 4.55. The zero-order chi connectivity index (χ0) is 11.5. The van der Waals surface area contributed by atoms with Gasteiger partial charge in [-0.3, -0.25) is 0 Å². The molecule has 83 valence electrons. The van der Waals surface area contributed by atoms with Crippen LogP contribution in [-0.2, 0) is 6.18 Å². The predicted octanol–water partition coefficient (Wildman–Crippen LogP) is 3.37. The maximum atomic E-state index is 12.4. The van der Waals surface area contributed by atoms with E-state index in [0.717, 1.165) is 12.1 Å². The van der Waals surface area contributed by atoms with E-state index in [1.165, 1.54) is 6.07 Å². The van der Waals surface area contributed by atoms with Crippen molar-refractivity contribution in [3.05, 3.63) is 36.8 Å². The molecule has 1 nitrogen and oxygen atoms in total. The normalized spacial score (nSPS) is 11.5. The quantitative estimate of drug-likeness (QED) is 0.748. The van der Waals surface area contributed by atoms with E-state index in [9.17, 15) is 13.2 Å². The van der Waals surface area contributed by atoms with Crippen molar-refractivity contribution < 1.29 is 13.2 Å². The summed E-state index contributed by atoms with van der Waals surface area (Å²) in [7, 11) is 1.75. The summed E-state index contributed by atoms with van der Waals surface area (Å²) in [6.07, 6.45) is -3.62. The molecule has 0 bridgehead atoms. The van der Waals surface area contributed by atoms with E-state index < -0.39 is 11.7 Å². The molecule has 0 fully saturated rings. The molecule has 1 radical (unpaired) electrons. The lowest BCUT2D eigenvalue weighted by Crippen LogP contribution is -2.18. The smallest absolute Gasteiger partial charge is 0.375 e. The zero-order valence-electron chi connectivity index (χ0n) is 8.51. The van der Waals surface area contributed by atoms with Gasteiger partial charge in [0.15, 0.2) is 0 Å². The van der Waals surface area contributed by atoms with Crippen LogP contribution in [0.4, 0.5) is 18.9 Å². The van der Waals surface area contributed by atoms with Crippen molar-refractivity contribution in [3.63, 3.8) is 0 Å². The number of hydrogen-bond acceptors (Lipinski definition) is 1. The van der Waals surface area contributed by atoms with E-state index in [1.807, 2.05) is 0 Å². The maximum Gasteiger partial charge on any atom is 0.416 e. The fraction of sp³-hybridized carbons (Fsp3) is 0.364. The molecule has 4 heteroatoms. The van der Waals surface area contributed by atoms with Crippen LogP contribution in [0.3, 0.4) is 0 Å². The molecule has 1 aromatic carbocycles. The number of alkyl halides is 3. The monoisotopic (exact) mass is 216 g/mol. The molecule has 0 aliphatic rings. The van der Waals surface area contributed by atoms with Crippen molar-refractivity contribution in [1.29, 1.82) is 0 Å². The Kier molecular flexibility index (Phi) is 3.61.